The first-order valence-corrected chi connectivity index (χ1v) is 7.26. The van der Waals surface area contributed by atoms with E-state index in [-0.39, 0.29) is 11.9 Å². The molecule has 1 aromatic carbocycles. The van der Waals surface area contributed by atoms with Crippen molar-refractivity contribution in [1.29, 1.82) is 0 Å². The normalized spacial score (nSPS) is 12.8. The Morgan fingerprint density at radius 2 is 2.10 bits per heavy atom. The maximum atomic E-state index is 12.8. The fourth-order valence-electron chi connectivity index (χ4n) is 2.76. The molecule has 0 saturated carbocycles. The van der Waals surface area contributed by atoms with Crippen LogP contribution in [-0.4, -0.2) is 53.9 Å². The molecule has 1 unspecified atom stereocenters. The molecule has 1 amide bonds. The molecule has 1 atom stereocenters. The number of nitrogen functional groups attached to an aromatic ring is 1. The number of benzene rings is 1. The number of anilines is 1. The molecule has 0 fully saturated rings. The molecule has 0 saturated heterocycles. The van der Waals surface area contributed by atoms with E-state index in [1.165, 1.54) is 0 Å². The van der Waals surface area contributed by atoms with Crippen LogP contribution >= 0.6 is 0 Å². The van der Waals surface area contributed by atoms with Crippen molar-refractivity contribution in [2.24, 2.45) is 0 Å². The van der Waals surface area contributed by atoms with Gasteiger partial charge in [-0.15, -0.1) is 0 Å². The quantitative estimate of drug-likeness (QED) is 0.829. The molecule has 0 aliphatic rings. The average Bonchev–Trinajstić information content (AvgIpc) is 2.81. The lowest BCUT2D eigenvalue weighted by Gasteiger charge is -2.30. The third-order valence-corrected chi connectivity index (χ3v) is 3.70. The van der Waals surface area contributed by atoms with Crippen molar-refractivity contribution in [3.63, 3.8) is 0 Å². The highest BCUT2D eigenvalue weighted by atomic mass is 16.2. The zero-order valence-corrected chi connectivity index (χ0v) is 13.2. The van der Waals surface area contributed by atoms with E-state index in [0.717, 1.165) is 17.4 Å². The van der Waals surface area contributed by atoms with Gasteiger partial charge in [0.1, 0.15) is 0 Å². The van der Waals surface area contributed by atoms with Gasteiger partial charge >= 0.3 is 0 Å². The summed E-state index contributed by atoms with van der Waals surface area (Å²) >= 11 is 0. The molecular weight excluding hydrogens is 264 g/mol. The number of H-pyrrole nitrogens is 1. The van der Waals surface area contributed by atoms with Gasteiger partial charge in [-0.1, -0.05) is 0 Å². The van der Waals surface area contributed by atoms with Gasteiger partial charge < -0.3 is 20.5 Å². The van der Waals surface area contributed by atoms with Crippen LogP contribution in [0.15, 0.2) is 24.4 Å². The predicted octanol–water partition coefficient (Wildman–Crippen LogP) is 2.16. The van der Waals surface area contributed by atoms with Gasteiger partial charge in [0.25, 0.3) is 5.91 Å². The largest absolute Gasteiger partial charge is 0.399 e. The summed E-state index contributed by atoms with van der Waals surface area (Å²) in [6.07, 6.45) is 1.78. The van der Waals surface area contributed by atoms with Crippen LogP contribution in [0.25, 0.3) is 10.9 Å². The minimum atomic E-state index is 0.0582. The SMILES string of the molecule is CCN(C(=O)c1c[nH]c2cc(N)ccc12)C(C)CN(C)C. The first-order valence-electron chi connectivity index (χ1n) is 7.26. The Labute approximate surface area is 125 Å². The van der Waals surface area contributed by atoms with Crippen LogP contribution in [-0.2, 0) is 0 Å². The lowest BCUT2D eigenvalue weighted by atomic mass is 10.1. The van der Waals surface area contributed by atoms with E-state index in [1.807, 2.05) is 44.1 Å². The van der Waals surface area contributed by atoms with Gasteiger partial charge in [-0.25, -0.2) is 0 Å². The lowest BCUT2D eigenvalue weighted by molar-refractivity contribution is 0.0681. The topological polar surface area (TPSA) is 65.4 Å². The first kappa shape index (κ1) is 15.4. The number of hydrogen-bond acceptors (Lipinski definition) is 3. The van der Waals surface area contributed by atoms with Gasteiger partial charge in [-0.05, 0) is 46.1 Å². The standard InChI is InChI=1S/C16H24N4O/c1-5-20(11(2)10-19(3)4)16(21)14-9-18-15-8-12(17)6-7-13(14)15/h6-9,11,18H,5,10,17H2,1-4H3. The molecule has 0 bridgehead atoms. The Morgan fingerprint density at radius 3 is 2.71 bits per heavy atom. The number of hydrogen-bond donors (Lipinski definition) is 2. The number of carbonyl (C=O) groups is 1. The summed E-state index contributed by atoms with van der Waals surface area (Å²) in [6, 6.07) is 5.74. The van der Waals surface area contributed by atoms with Crippen LogP contribution < -0.4 is 5.73 Å². The Morgan fingerprint density at radius 1 is 1.38 bits per heavy atom. The van der Waals surface area contributed by atoms with Crippen LogP contribution in [0.5, 0.6) is 0 Å². The fraction of sp³-hybridized carbons (Fsp3) is 0.438. The van der Waals surface area contributed by atoms with Crippen molar-refractivity contribution in [2.45, 2.75) is 19.9 Å². The van der Waals surface area contributed by atoms with Crippen LogP contribution in [0.1, 0.15) is 24.2 Å². The molecule has 1 heterocycles. The Hall–Kier alpha value is -2.01. The number of likely N-dealkylation sites (N-methyl/N-ethyl adjacent to an activating group) is 2. The summed E-state index contributed by atoms with van der Waals surface area (Å²) in [4.78, 5) is 19.9. The summed E-state index contributed by atoms with van der Waals surface area (Å²) in [7, 11) is 4.03. The molecule has 0 radical (unpaired) electrons. The molecule has 2 aromatic rings. The van der Waals surface area contributed by atoms with Crippen molar-refractivity contribution in [1.82, 2.24) is 14.8 Å². The number of rotatable bonds is 5. The summed E-state index contributed by atoms with van der Waals surface area (Å²) in [5, 5.41) is 0.921. The van der Waals surface area contributed by atoms with Crippen molar-refractivity contribution in [3.8, 4) is 0 Å². The van der Waals surface area contributed by atoms with Crippen molar-refractivity contribution < 1.29 is 4.79 Å². The number of aromatic nitrogens is 1. The van der Waals surface area contributed by atoms with E-state index in [1.54, 1.807) is 6.20 Å². The molecule has 0 spiro atoms. The van der Waals surface area contributed by atoms with E-state index >= 15 is 0 Å². The molecule has 0 aliphatic carbocycles. The fourth-order valence-corrected chi connectivity index (χ4v) is 2.76. The van der Waals surface area contributed by atoms with Gasteiger partial charge in [0.2, 0.25) is 0 Å². The highest BCUT2D eigenvalue weighted by Crippen LogP contribution is 2.22. The van der Waals surface area contributed by atoms with Gasteiger partial charge in [0.05, 0.1) is 5.56 Å². The van der Waals surface area contributed by atoms with E-state index in [9.17, 15) is 4.79 Å². The third-order valence-electron chi connectivity index (χ3n) is 3.70. The second-order valence-electron chi connectivity index (χ2n) is 5.71. The van der Waals surface area contributed by atoms with E-state index in [4.69, 9.17) is 5.73 Å². The molecule has 3 N–H and O–H groups in total. The first-order chi connectivity index (χ1) is 9.93. The highest BCUT2D eigenvalue weighted by Gasteiger charge is 2.22. The summed E-state index contributed by atoms with van der Waals surface area (Å²) < 4.78 is 0. The maximum Gasteiger partial charge on any atom is 0.256 e. The number of aromatic amines is 1. The Balaban J connectivity index is 2.31. The zero-order chi connectivity index (χ0) is 15.6. The number of carbonyl (C=O) groups excluding carboxylic acids is 1. The monoisotopic (exact) mass is 288 g/mol. The lowest BCUT2D eigenvalue weighted by Crippen LogP contribution is -2.43. The second kappa shape index (κ2) is 6.18. The van der Waals surface area contributed by atoms with Crippen LogP contribution in [0.4, 0.5) is 5.69 Å². The Bertz CT molecular complexity index is 632. The number of nitrogens with two attached hydrogens (primary N) is 1. The molecule has 5 nitrogen and oxygen atoms in total. The van der Waals surface area contributed by atoms with Crippen LogP contribution in [0.2, 0.25) is 0 Å². The van der Waals surface area contributed by atoms with Gasteiger partial charge in [0.15, 0.2) is 0 Å². The van der Waals surface area contributed by atoms with E-state index in [0.29, 0.717) is 17.8 Å². The summed E-state index contributed by atoms with van der Waals surface area (Å²) in [5.41, 5.74) is 8.07. The molecule has 1 aromatic heterocycles. The van der Waals surface area contributed by atoms with Gasteiger partial charge in [-0.3, -0.25) is 4.79 Å². The smallest absolute Gasteiger partial charge is 0.256 e. The molecule has 2 rings (SSSR count). The number of fused-ring (bicyclic) bond motifs is 1. The third kappa shape index (κ3) is 3.19. The minimum absolute atomic E-state index is 0.0582. The Kier molecular flexibility index (Phi) is 4.53. The van der Waals surface area contributed by atoms with Gasteiger partial charge in [0, 0.05) is 41.9 Å². The van der Waals surface area contributed by atoms with Crippen LogP contribution in [0.3, 0.4) is 0 Å². The number of amides is 1. The minimum Gasteiger partial charge on any atom is -0.399 e. The van der Waals surface area contributed by atoms with Crippen molar-refractivity contribution in [2.75, 3.05) is 32.9 Å². The van der Waals surface area contributed by atoms with E-state index in [2.05, 4.69) is 16.8 Å². The number of nitrogens with one attached hydrogen (secondary N) is 1. The molecule has 0 aliphatic heterocycles. The zero-order valence-electron chi connectivity index (χ0n) is 13.2. The maximum absolute atomic E-state index is 12.8. The number of nitrogens with zero attached hydrogens (tertiary/aromatic N) is 2. The molecular formula is C16H24N4O. The predicted molar refractivity (Wildman–Crippen MR) is 87.4 cm³/mol. The average molecular weight is 288 g/mol. The van der Waals surface area contributed by atoms with Crippen molar-refractivity contribution >= 4 is 22.5 Å². The summed E-state index contributed by atoms with van der Waals surface area (Å²) in [5.74, 6) is 0.0582. The van der Waals surface area contributed by atoms with E-state index < -0.39 is 0 Å². The molecule has 21 heavy (non-hydrogen) atoms. The van der Waals surface area contributed by atoms with Gasteiger partial charge in [-0.2, -0.15) is 0 Å². The summed E-state index contributed by atoms with van der Waals surface area (Å²) in [6.45, 7) is 5.62. The highest BCUT2D eigenvalue weighted by molar-refractivity contribution is 6.07. The molecule has 5 heteroatoms. The molecule has 114 valence electrons. The van der Waals surface area contributed by atoms with Crippen molar-refractivity contribution in [3.05, 3.63) is 30.0 Å². The van der Waals surface area contributed by atoms with Crippen LogP contribution in [0, 0.1) is 0 Å². The second-order valence-corrected chi connectivity index (χ2v) is 5.71.